The van der Waals surface area contributed by atoms with Gasteiger partial charge in [0.1, 0.15) is 18.3 Å². The second-order valence-electron chi connectivity index (χ2n) is 10.9. The third kappa shape index (κ3) is 5.81. The maximum atomic E-state index is 12.6. The number of likely N-dealkylation sites (tertiary alicyclic amines) is 1. The zero-order chi connectivity index (χ0) is 26.7. The molecule has 37 heavy (non-hydrogen) atoms. The first-order chi connectivity index (χ1) is 17.8. The Morgan fingerprint density at radius 1 is 1.24 bits per heavy atom. The van der Waals surface area contributed by atoms with Crippen LogP contribution in [0.15, 0.2) is 18.2 Å². The smallest absolute Gasteiger partial charge is 0.361 e. The largest absolute Gasteiger partial charge is 0.377 e. The molecule has 0 spiro atoms. The van der Waals surface area contributed by atoms with Crippen molar-refractivity contribution >= 4 is 40.8 Å². The highest BCUT2D eigenvalue weighted by atomic mass is 35.5. The lowest BCUT2D eigenvalue weighted by atomic mass is 9.82. The van der Waals surface area contributed by atoms with Gasteiger partial charge in [0.05, 0.1) is 13.1 Å². The van der Waals surface area contributed by atoms with Crippen LogP contribution >= 0.6 is 11.6 Å². The summed E-state index contributed by atoms with van der Waals surface area (Å²) < 4.78 is 6.89. The molecule has 202 valence electrons. The summed E-state index contributed by atoms with van der Waals surface area (Å²) in [4.78, 5) is 15.0. The van der Waals surface area contributed by atoms with E-state index in [9.17, 15) is 9.90 Å². The number of aliphatic hydroxyl groups is 1. The van der Waals surface area contributed by atoms with Crippen molar-refractivity contribution in [2.24, 2.45) is 5.92 Å². The summed E-state index contributed by atoms with van der Waals surface area (Å²) in [6.07, 6.45) is 7.35. The topological polar surface area (TPSA) is 83.6 Å². The van der Waals surface area contributed by atoms with Gasteiger partial charge in [-0.3, -0.25) is 10.1 Å². The Labute approximate surface area is 226 Å². The fourth-order valence-electron chi connectivity index (χ4n) is 6.41. The molecule has 0 radical (unpaired) electrons. The Hall–Kier alpha value is -2.15. The molecule has 0 bridgehead atoms. The van der Waals surface area contributed by atoms with Gasteiger partial charge in [-0.05, 0) is 77.6 Å². The van der Waals surface area contributed by atoms with Crippen molar-refractivity contribution in [2.75, 3.05) is 13.6 Å². The summed E-state index contributed by atoms with van der Waals surface area (Å²) in [5.41, 5.74) is 2.76. The summed E-state index contributed by atoms with van der Waals surface area (Å²) in [5.74, 6) is 1.41. The number of carbonyl (C=O) groups is 1. The molecule has 1 saturated heterocycles. The number of carbonyl (C=O) groups excluding carboxylic acids is 1. The van der Waals surface area contributed by atoms with E-state index in [2.05, 4.69) is 31.5 Å². The number of amidine groups is 1. The average Bonchev–Trinajstić information content (AvgIpc) is 3.45. The lowest BCUT2D eigenvalue weighted by Gasteiger charge is -2.34. The molecule has 4 rings (SSSR count). The average molecular weight is 529 g/mol. The van der Waals surface area contributed by atoms with Crippen molar-refractivity contribution in [1.29, 1.82) is 0 Å². The number of likely N-dealkylation sites (N-methyl/N-ethyl adjacent to an activating group) is 1. The summed E-state index contributed by atoms with van der Waals surface area (Å²) in [6, 6.07) is 5.90. The maximum absolute atomic E-state index is 12.6. The molecule has 1 aromatic heterocycles. The van der Waals surface area contributed by atoms with E-state index >= 15 is 0 Å². The van der Waals surface area contributed by atoms with Gasteiger partial charge in [-0.2, -0.15) is 0 Å². The molecule has 0 amide bonds. The van der Waals surface area contributed by atoms with Gasteiger partial charge in [0.25, 0.3) is 0 Å². The lowest BCUT2D eigenvalue weighted by molar-refractivity contribution is 0.0837. The predicted molar refractivity (Wildman–Crippen MR) is 154 cm³/mol. The first kappa shape index (κ1) is 27.9. The molecule has 8 heteroatoms. The predicted octanol–water partition coefficient (Wildman–Crippen LogP) is 3.90. The molecular formula is C29H43ClN5O2+. The maximum Gasteiger partial charge on any atom is 0.361 e. The molecule has 1 aliphatic heterocycles. The highest BCUT2D eigenvalue weighted by molar-refractivity contribution is 6.31. The third-order valence-corrected chi connectivity index (χ3v) is 8.78. The van der Waals surface area contributed by atoms with Gasteiger partial charge in [-0.15, -0.1) is 0 Å². The number of hydrogen-bond donors (Lipinski definition) is 3. The molecule has 1 aromatic carbocycles. The van der Waals surface area contributed by atoms with E-state index in [0.29, 0.717) is 10.9 Å². The van der Waals surface area contributed by atoms with E-state index in [1.165, 1.54) is 19.3 Å². The molecule has 1 unspecified atom stereocenters. The van der Waals surface area contributed by atoms with Gasteiger partial charge in [0.15, 0.2) is 12.5 Å². The molecule has 2 aromatic rings. The van der Waals surface area contributed by atoms with E-state index in [-0.39, 0.29) is 23.9 Å². The van der Waals surface area contributed by atoms with E-state index < -0.39 is 6.23 Å². The molecule has 1 saturated carbocycles. The van der Waals surface area contributed by atoms with Gasteiger partial charge in [0.2, 0.25) is 0 Å². The normalized spacial score (nSPS) is 21.1. The van der Waals surface area contributed by atoms with Crippen LogP contribution in [0.2, 0.25) is 5.02 Å². The Bertz CT molecular complexity index is 1160. The number of fused-ring (bicyclic) bond motifs is 1. The van der Waals surface area contributed by atoms with Crippen LogP contribution in [0, 0.1) is 12.8 Å². The van der Waals surface area contributed by atoms with Crippen LogP contribution in [0.3, 0.4) is 0 Å². The Balaban J connectivity index is 1.66. The minimum Gasteiger partial charge on any atom is -0.377 e. The van der Waals surface area contributed by atoms with E-state index in [1.54, 1.807) is 6.92 Å². The second kappa shape index (κ2) is 12.1. The number of ketones is 1. The minimum absolute atomic E-state index is 0.0565. The van der Waals surface area contributed by atoms with Crippen molar-refractivity contribution in [3.8, 4) is 0 Å². The summed E-state index contributed by atoms with van der Waals surface area (Å²) in [5, 5.41) is 19.2. The van der Waals surface area contributed by atoms with E-state index in [1.807, 2.05) is 39.1 Å². The zero-order valence-corrected chi connectivity index (χ0v) is 23.5. The van der Waals surface area contributed by atoms with Crippen molar-refractivity contribution < 1.29 is 9.90 Å². The highest BCUT2D eigenvalue weighted by Gasteiger charge is 2.44. The number of aliphatic hydroxyl groups excluding tert-OH is 1. The Morgan fingerprint density at radius 2 is 1.97 bits per heavy atom. The molecule has 2 fully saturated rings. The molecule has 1 aliphatic carbocycles. The number of Topliss-reactive ketones (excluding diaryl/α,β-unsaturated/α-hetero) is 1. The number of nitrogens with zero attached hydrogens (tertiary/aromatic N) is 3. The second-order valence-corrected chi connectivity index (χ2v) is 11.3. The summed E-state index contributed by atoms with van der Waals surface area (Å²) >= 11 is 6.31. The van der Waals surface area contributed by atoms with Crippen molar-refractivity contribution in [3.63, 3.8) is 0 Å². The summed E-state index contributed by atoms with van der Waals surface area (Å²) in [6.45, 7) is 11.3. The quantitative estimate of drug-likeness (QED) is 0.151. The molecule has 7 nitrogen and oxygen atoms in total. The van der Waals surface area contributed by atoms with Crippen LogP contribution in [0.1, 0.15) is 74.8 Å². The molecule has 4 atom stereocenters. The van der Waals surface area contributed by atoms with Crippen LogP contribution in [0.25, 0.3) is 10.9 Å². The minimum atomic E-state index is -0.687. The number of benzene rings is 1. The number of nitrogens with one attached hydrogen (secondary N) is 2. The fraction of sp³-hybridized carbons (Fsp3) is 0.621. The van der Waals surface area contributed by atoms with E-state index in [0.717, 1.165) is 66.8 Å². The molecule has 2 heterocycles. The Kier molecular flexibility index (Phi) is 9.15. The standard InChI is InChI=1S/C29H43ClN5O2/c1-18(31-4)29(37)33-27(21-10-7-6-8-11-21)28(32-5)34-15-9-12-23(34)17-35-19(2)26(20(3)36)24-16-22(30)13-14-25(24)35/h13-14,16,18,21,23,27,29,31,33,37H,5-12,15,17H2,1-4H3/q+1/t18-,23-,27-,29?/m0/s1. The van der Waals surface area contributed by atoms with Gasteiger partial charge in [-0.25, -0.2) is 9.57 Å². The fourth-order valence-corrected chi connectivity index (χ4v) is 6.59. The molecule has 3 N–H and O–H groups in total. The first-order valence-corrected chi connectivity index (χ1v) is 14.2. The van der Waals surface area contributed by atoms with Crippen molar-refractivity contribution in [3.05, 3.63) is 34.5 Å². The third-order valence-electron chi connectivity index (χ3n) is 8.54. The SMILES string of the molecule is C=[N+]=C([C@@H](NC(O)[C@H](C)NC)C1CCCCC1)N1CCC[C@H]1Cn1c(C)c(C(C)=O)c2cc(Cl)ccc21. The number of halogens is 1. The molecule has 2 aliphatic rings. The Morgan fingerprint density at radius 3 is 2.62 bits per heavy atom. The van der Waals surface area contributed by atoms with Crippen molar-refractivity contribution in [2.45, 2.75) is 96.6 Å². The van der Waals surface area contributed by atoms with Crippen LogP contribution in [0.5, 0.6) is 0 Å². The lowest BCUT2D eigenvalue weighted by Crippen LogP contribution is -2.59. The first-order valence-electron chi connectivity index (χ1n) is 13.8. The number of hydrogen-bond acceptors (Lipinski definition) is 4. The van der Waals surface area contributed by atoms with Gasteiger partial charge >= 0.3 is 5.84 Å². The van der Waals surface area contributed by atoms with Gasteiger partial charge < -0.3 is 15.0 Å². The summed E-state index contributed by atoms with van der Waals surface area (Å²) in [7, 11) is 1.87. The van der Waals surface area contributed by atoms with E-state index in [4.69, 9.17) is 11.6 Å². The zero-order valence-electron chi connectivity index (χ0n) is 22.8. The molecular weight excluding hydrogens is 486 g/mol. The van der Waals surface area contributed by atoms with Gasteiger partial charge in [-0.1, -0.05) is 30.9 Å². The number of aromatic nitrogens is 1. The van der Waals surface area contributed by atoms with Crippen LogP contribution in [-0.4, -0.2) is 70.9 Å². The number of rotatable bonds is 9. The van der Waals surface area contributed by atoms with Crippen LogP contribution in [-0.2, 0) is 6.54 Å². The van der Waals surface area contributed by atoms with Gasteiger partial charge in [0, 0.05) is 33.2 Å². The highest BCUT2D eigenvalue weighted by Crippen LogP contribution is 2.33. The van der Waals surface area contributed by atoms with Crippen LogP contribution < -0.4 is 15.3 Å². The van der Waals surface area contributed by atoms with Crippen molar-refractivity contribution in [1.82, 2.24) is 24.8 Å². The van der Waals surface area contributed by atoms with Crippen LogP contribution in [0.4, 0.5) is 0 Å². The monoisotopic (exact) mass is 528 g/mol.